The van der Waals surface area contributed by atoms with Gasteiger partial charge in [-0.3, -0.25) is 9.59 Å². The molecule has 0 aliphatic heterocycles. The minimum Gasteiger partial charge on any atom is -0.480 e. The smallest absolute Gasteiger partial charge is 0.322 e. The molecule has 0 saturated heterocycles. The van der Waals surface area contributed by atoms with Crippen molar-refractivity contribution in [3.63, 3.8) is 0 Å². The summed E-state index contributed by atoms with van der Waals surface area (Å²) < 4.78 is 0. The summed E-state index contributed by atoms with van der Waals surface area (Å²) in [4.78, 5) is 20.0. The van der Waals surface area contributed by atoms with Crippen molar-refractivity contribution in [3.8, 4) is 0 Å². The van der Waals surface area contributed by atoms with Gasteiger partial charge in [0.05, 0.1) is 34.7 Å². The zero-order valence-electron chi connectivity index (χ0n) is 8.43. The molecule has 14 N–H and O–H groups in total. The van der Waals surface area contributed by atoms with Crippen molar-refractivity contribution in [2.45, 2.75) is 12.1 Å². The molecule has 2 unspecified atom stereocenters. The molecular weight excluding hydrogens is 258 g/mol. The fourth-order valence-corrected chi connectivity index (χ4v) is 0.307. The van der Waals surface area contributed by atoms with Gasteiger partial charge in [-0.2, -0.15) is 0 Å². The number of carboxylic acid groups (broad SMARTS) is 2. The Balaban J connectivity index is -0.0000000270. The molecule has 4 radical (unpaired) electrons. The highest BCUT2D eigenvalue weighted by Crippen LogP contribution is 1.86. The molecule has 0 amide bonds. The maximum atomic E-state index is 9.98. The van der Waals surface area contributed by atoms with Crippen LogP contribution < -0.4 is 11.5 Å². The van der Waals surface area contributed by atoms with Crippen LogP contribution in [-0.4, -0.2) is 90.9 Å². The van der Waals surface area contributed by atoms with E-state index in [4.69, 9.17) is 21.7 Å². The van der Waals surface area contributed by atoms with Gasteiger partial charge in [-0.1, -0.05) is 0 Å². The van der Waals surface area contributed by atoms with E-state index in [1.165, 1.54) is 0 Å². The minimum absolute atomic E-state index is 0. The lowest BCUT2D eigenvalue weighted by molar-refractivity contribution is -0.146. The van der Waals surface area contributed by atoms with Gasteiger partial charge in [0.2, 0.25) is 0 Å². The minimum atomic E-state index is -1.54. The van der Waals surface area contributed by atoms with Gasteiger partial charge in [0.15, 0.2) is 0 Å². The summed E-state index contributed by atoms with van der Waals surface area (Å²) in [6.07, 6.45) is 0. The molecule has 0 aromatic carbocycles. The van der Waals surface area contributed by atoms with Crippen LogP contribution >= 0.6 is 0 Å². The molecule has 0 bridgehead atoms. The molecule has 12 heteroatoms. The molecule has 0 rings (SSSR count). The molecule has 0 saturated carbocycles. The zero-order valence-corrected chi connectivity index (χ0v) is 11.3. The second-order valence-corrected chi connectivity index (χ2v) is 1.73. The summed E-state index contributed by atoms with van der Waals surface area (Å²) in [5.41, 5.74) is 9.71. The fourth-order valence-electron chi connectivity index (χ4n) is 0.307. The highest BCUT2D eigenvalue weighted by atomic mass is 27.0. The molecule has 0 fully saturated rings. The van der Waals surface area contributed by atoms with E-state index < -0.39 is 24.0 Å². The Morgan fingerprint density at radius 1 is 0.750 bits per heavy atom. The summed E-state index contributed by atoms with van der Waals surface area (Å²) >= 11 is 0. The SMILES string of the molecule is NC(C(=O)O)C(N)C(=O)O.O.O.O.O.[AlH].[AlH]. The van der Waals surface area contributed by atoms with Crippen LogP contribution in [0.15, 0.2) is 0 Å². The Bertz CT molecular complexity index is 152. The Morgan fingerprint density at radius 2 is 0.875 bits per heavy atom. The zero-order chi connectivity index (χ0) is 8.31. The Labute approximate surface area is 112 Å². The monoisotopic (exact) mass is 276 g/mol. The van der Waals surface area contributed by atoms with Crippen molar-refractivity contribution in [2.24, 2.45) is 11.5 Å². The quantitative estimate of drug-likeness (QED) is 0.364. The topological polar surface area (TPSA) is 253 Å². The van der Waals surface area contributed by atoms with Crippen LogP contribution in [0.25, 0.3) is 0 Å². The van der Waals surface area contributed by atoms with Crippen LogP contribution in [0.5, 0.6) is 0 Å². The molecule has 2 atom stereocenters. The molecule has 0 aromatic rings. The average molecular weight is 276 g/mol. The van der Waals surface area contributed by atoms with Crippen LogP contribution in [0.1, 0.15) is 0 Å². The first-order valence-corrected chi connectivity index (χ1v) is 2.43. The maximum absolute atomic E-state index is 9.98. The van der Waals surface area contributed by atoms with Crippen LogP contribution in [0, 0.1) is 0 Å². The Kier molecular flexibility index (Phi) is 56.5. The molecule has 0 aromatic heterocycles. The van der Waals surface area contributed by atoms with E-state index in [0.717, 1.165) is 0 Å². The highest BCUT2D eigenvalue weighted by molar-refractivity contribution is 5.84. The largest absolute Gasteiger partial charge is 0.480 e. The maximum Gasteiger partial charge on any atom is 0.322 e. The van der Waals surface area contributed by atoms with Gasteiger partial charge >= 0.3 is 11.9 Å². The molecule has 0 heterocycles. The molecule has 10 nitrogen and oxygen atoms in total. The lowest BCUT2D eigenvalue weighted by atomic mass is 10.1. The lowest BCUT2D eigenvalue weighted by Gasteiger charge is -2.09. The van der Waals surface area contributed by atoms with E-state index in [1.807, 2.05) is 0 Å². The van der Waals surface area contributed by atoms with Crippen LogP contribution in [0.3, 0.4) is 0 Å². The average Bonchev–Trinajstić information content (AvgIpc) is 1.84. The van der Waals surface area contributed by atoms with Gasteiger partial charge < -0.3 is 43.6 Å². The first-order chi connectivity index (χ1) is 4.46. The fraction of sp³-hybridized carbons (Fsp3) is 0.500. The molecule has 16 heavy (non-hydrogen) atoms. The summed E-state index contributed by atoms with van der Waals surface area (Å²) in [5, 5.41) is 16.3. The number of hydrogen-bond donors (Lipinski definition) is 4. The molecule has 0 aliphatic carbocycles. The van der Waals surface area contributed by atoms with Gasteiger partial charge in [-0.05, 0) is 0 Å². The van der Waals surface area contributed by atoms with Gasteiger partial charge in [-0.25, -0.2) is 0 Å². The van der Waals surface area contributed by atoms with Gasteiger partial charge in [-0.15, -0.1) is 0 Å². The first-order valence-electron chi connectivity index (χ1n) is 2.43. The predicted octanol–water partition coefficient (Wildman–Crippen LogP) is -6.79. The van der Waals surface area contributed by atoms with Crippen molar-refractivity contribution in [3.05, 3.63) is 0 Å². The van der Waals surface area contributed by atoms with E-state index in [1.54, 1.807) is 0 Å². The van der Waals surface area contributed by atoms with Crippen molar-refractivity contribution in [1.82, 2.24) is 0 Å². The standard InChI is InChI=1S/C4H8N2O4.2Al.4H2O.2H/c5-1(3(7)8)2(6)4(9)10;;;;;;;;/h1-2H,5-6H2,(H,7,8)(H,9,10);;;4*1H2;;. The third-order valence-corrected chi connectivity index (χ3v) is 0.957. The van der Waals surface area contributed by atoms with E-state index in [2.05, 4.69) is 0 Å². The van der Waals surface area contributed by atoms with E-state index in [-0.39, 0.29) is 56.6 Å². The van der Waals surface area contributed by atoms with Crippen molar-refractivity contribution in [2.75, 3.05) is 0 Å². The van der Waals surface area contributed by atoms with Crippen molar-refractivity contribution < 1.29 is 41.7 Å². The molecule has 0 aliphatic rings. The van der Waals surface area contributed by atoms with Gasteiger partial charge in [0.1, 0.15) is 12.1 Å². The lowest BCUT2D eigenvalue weighted by Crippen LogP contribution is -2.51. The van der Waals surface area contributed by atoms with Crippen LogP contribution in [-0.2, 0) is 9.59 Å². The molecular formula is C4H18Al2N2O8. The third kappa shape index (κ3) is 16.2. The molecule has 0 spiro atoms. The third-order valence-electron chi connectivity index (χ3n) is 0.957. The van der Waals surface area contributed by atoms with Crippen LogP contribution in [0.4, 0.5) is 0 Å². The van der Waals surface area contributed by atoms with E-state index in [9.17, 15) is 9.59 Å². The molecule has 98 valence electrons. The predicted molar refractivity (Wildman–Crippen MR) is 60.0 cm³/mol. The van der Waals surface area contributed by atoms with Gasteiger partial charge in [0, 0.05) is 0 Å². The number of carboxylic acids is 2. The van der Waals surface area contributed by atoms with Crippen molar-refractivity contribution in [1.29, 1.82) is 0 Å². The first kappa shape index (κ1) is 44.7. The second kappa shape index (κ2) is 20.2. The summed E-state index contributed by atoms with van der Waals surface area (Å²) in [7, 11) is 0. The van der Waals surface area contributed by atoms with E-state index >= 15 is 0 Å². The van der Waals surface area contributed by atoms with Crippen LogP contribution in [0.2, 0.25) is 0 Å². The van der Waals surface area contributed by atoms with E-state index in [0.29, 0.717) is 0 Å². The summed E-state index contributed by atoms with van der Waals surface area (Å²) in [6, 6.07) is -3.09. The number of carbonyl (C=O) groups is 2. The number of rotatable bonds is 3. The second-order valence-electron chi connectivity index (χ2n) is 1.73. The summed E-state index contributed by atoms with van der Waals surface area (Å²) in [5.74, 6) is -2.84. The van der Waals surface area contributed by atoms with Crippen molar-refractivity contribution >= 4 is 46.7 Å². The van der Waals surface area contributed by atoms with Gasteiger partial charge in [0.25, 0.3) is 0 Å². The number of nitrogens with two attached hydrogens (primary N) is 2. The Hall–Kier alpha value is -0.235. The number of hydrogen-bond acceptors (Lipinski definition) is 4. The highest BCUT2D eigenvalue weighted by Gasteiger charge is 2.26. The number of aliphatic carboxylic acids is 2. The normalized spacial score (nSPS) is 9.88. The summed E-state index contributed by atoms with van der Waals surface area (Å²) in [6.45, 7) is 0. The Morgan fingerprint density at radius 3 is 0.938 bits per heavy atom.